The lowest BCUT2D eigenvalue weighted by Gasteiger charge is -2.27. The van der Waals surface area contributed by atoms with Crippen LogP contribution in [0.4, 0.5) is 0 Å². The molecular formula is C19H21NSi. The summed E-state index contributed by atoms with van der Waals surface area (Å²) in [6.45, 7) is 7.46. The van der Waals surface area contributed by atoms with Gasteiger partial charge in [0.05, 0.1) is 8.07 Å². The van der Waals surface area contributed by atoms with Crippen LogP contribution in [-0.2, 0) is 7.05 Å². The Hall–Kier alpha value is -1.80. The van der Waals surface area contributed by atoms with Crippen molar-refractivity contribution in [1.82, 2.24) is 4.57 Å². The molecule has 2 heteroatoms. The van der Waals surface area contributed by atoms with Crippen LogP contribution >= 0.6 is 0 Å². The number of rotatable bonds is 1. The van der Waals surface area contributed by atoms with Crippen molar-refractivity contribution in [3.05, 3.63) is 59.8 Å². The Balaban J connectivity index is 2.18. The topological polar surface area (TPSA) is 4.93 Å². The lowest BCUT2D eigenvalue weighted by atomic mass is 10.0. The average molecular weight is 291 g/mol. The third-order valence-corrected chi connectivity index (χ3v) is 7.15. The molecule has 1 unspecified atom stereocenters. The molecule has 0 fully saturated rings. The van der Waals surface area contributed by atoms with E-state index in [2.05, 4.69) is 79.8 Å². The summed E-state index contributed by atoms with van der Waals surface area (Å²) in [4.78, 5) is 0. The maximum absolute atomic E-state index is 2.49. The maximum atomic E-state index is 2.49. The molecule has 0 spiro atoms. The van der Waals surface area contributed by atoms with Gasteiger partial charge < -0.3 is 4.57 Å². The molecule has 1 atom stereocenters. The van der Waals surface area contributed by atoms with Gasteiger partial charge in [0, 0.05) is 34.7 Å². The molecular weight excluding hydrogens is 270 g/mol. The van der Waals surface area contributed by atoms with Gasteiger partial charge in [-0.2, -0.15) is 0 Å². The highest BCUT2D eigenvalue weighted by Gasteiger charge is 2.40. The minimum absolute atomic E-state index is 0.598. The lowest BCUT2D eigenvalue weighted by molar-refractivity contribution is 0.867. The molecule has 0 N–H and O–H groups in total. The zero-order valence-electron chi connectivity index (χ0n) is 13.1. The van der Waals surface area contributed by atoms with Crippen LogP contribution in [-0.4, -0.2) is 12.6 Å². The maximum Gasteiger partial charge on any atom is 0.0593 e. The molecule has 1 aromatic heterocycles. The van der Waals surface area contributed by atoms with E-state index in [9.17, 15) is 0 Å². The van der Waals surface area contributed by atoms with E-state index in [1.807, 2.05) is 0 Å². The molecule has 0 saturated carbocycles. The van der Waals surface area contributed by atoms with E-state index in [-0.39, 0.29) is 0 Å². The molecule has 1 aliphatic carbocycles. The summed E-state index contributed by atoms with van der Waals surface area (Å²) in [7, 11) is 0.895. The Morgan fingerprint density at radius 2 is 1.57 bits per heavy atom. The minimum Gasteiger partial charge on any atom is -0.347 e. The van der Waals surface area contributed by atoms with Crippen molar-refractivity contribution in [2.75, 3.05) is 0 Å². The zero-order chi connectivity index (χ0) is 14.8. The molecule has 0 aliphatic heterocycles. The first kappa shape index (κ1) is 12.9. The first-order valence-electron chi connectivity index (χ1n) is 7.67. The molecule has 1 nitrogen and oxygen atoms in total. The van der Waals surface area contributed by atoms with Gasteiger partial charge in [0.15, 0.2) is 0 Å². The van der Waals surface area contributed by atoms with Crippen LogP contribution in [0.2, 0.25) is 19.6 Å². The van der Waals surface area contributed by atoms with Crippen molar-refractivity contribution in [3.8, 4) is 11.1 Å². The summed E-state index contributed by atoms with van der Waals surface area (Å²) < 4.78 is 2.44. The number of benzene rings is 2. The monoisotopic (exact) mass is 291 g/mol. The van der Waals surface area contributed by atoms with Crippen LogP contribution in [0.1, 0.15) is 16.8 Å². The summed E-state index contributed by atoms with van der Waals surface area (Å²) in [6, 6.07) is 17.8. The van der Waals surface area contributed by atoms with Gasteiger partial charge in [-0.3, -0.25) is 0 Å². The van der Waals surface area contributed by atoms with Crippen LogP contribution in [0.5, 0.6) is 0 Å². The number of aromatic nitrogens is 1. The number of hydrogen-bond donors (Lipinski definition) is 0. The predicted molar refractivity (Wildman–Crippen MR) is 93.5 cm³/mol. The summed E-state index contributed by atoms with van der Waals surface area (Å²) in [6.07, 6.45) is 0. The quantitative estimate of drug-likeness (QED) is 0.545. The molecule has 0 radical (unpaired) electrons. The Kier molecular flexibility index (Phi) is 2.52. The van der Waals surface area contributed by atoms with Gasteiger partial charge in [-0.1, -0.05) is 62.1 Å². The van der Waals surface area contributed by atoms with E-state index >= 15 is 0 Å². The normalized spacial score (nSPS) is 17.0. The van der Waals surface area contributed by atoms with Gasteiger partial charge in [-0.05, 0) is 17.2 Å². The lowest BCUT2D eigenvalue weighted by Crippen LogP contribution is -2.31. The predicted octanol–water partition coefficient (Wildman–Crippen LogP) is 5.17. The van der Waals surface area contributed by atoms with Crippen LogP contribution in [0.3, 0.4) is 0 Å². The van der Waals surface area contributed by atoms with E-state index in [0.29, 0.717) is 5.54 Å². The second-order valence-corrected chi connectivity index (χ2v) is 12.5. The van der Waals surface area contributed by atoms with Crippen molar-refractivity contribution in [3.63, 3.8) is 0 Å². The average Bonchev–Trinajstić information content (AvgIpc) is 2.93. The molecule has 3 aromatic rings. The number of aryl methyl sites for hydroxylation is 1. The van der Waals surface area contributed by atoms with Crippen LogP contribution in [0.25, 0.3) is 22.0 Å². The van der Waals surface area contributed by atoms with Gasteiger partial charge in [0.2, 0.25) is 0 Å². The van der Waals surface area contributed by atoms with Gasteiger partial charge in [0.25, 0.3) is 0 Å². The van der Waals surface area contributed by atoms with Crippen molar-refractivity contribution in [2.24, 2.45) is 7.05 Å². The highest BCUT2D eigenvalue weighted by atomic mass is 28.3. The molecule has 0 saturated heterocycles. The van der Waals surface area contributed by atoms with Gasteiger partial charge in [-0.25, -0.2) is 0 Å². The Morgan fingerprint density at radius 3 is 2.33 bits per heavy atom. The van der Waals surface area contributed by atoms with E-state index in [1.165, 1.54) is 27.7 Å². The van der Waals surface area contributed by atoms with Gasteiger partial charge >= 0.3 is 0 Å². The van der Waals surface area contributed by atoms with Gasteiger partial charge in [0.1, 0.15) is 0 Å². The van der Waals surface area contributed by atoms with Crippen molar-refractivity contribution < 1.29 is 0 Å². The van der Waals surface area contributed by atoms with E-state index in [4.69, 9.17) is 0 Å². The Bertz CT molecular complexity index is 852. The SMILES string of the molecule is Cn1c2c(c3ccccc31)-c1ccccc1C2[Si](C)(C)C. The first-order valence-corrected chi connectivity index (χ1v) is 11.2. The number of fused-ring (bicyclic) bond motifs is 5. The molecule has 106 valence electrons. The summed E-state index contributed by atoms with van der Waals surface area (Å²) >= 11 is 0. The Morgan fingerprint density at radius 1 is 0.905 bits per heavy atom. The van der Waals surface area contributed by atoms with Crippen molar-refractivity contribution in [2.45, 2.75) is 25.2 Å². The fourth-order valence-corrected chi connectivity index (χ4v) is 6.38. The van der Waals surface area contributed by atoms with E-state index < -0.39 is 8.07 Å². The summed E-state index contributed by atoms with van der Waals surface area (Å²) in [5, 5.41) is 1.41. The number of hydrogen-bond acceptors (Lipinski definition) is 0. The van der Waals surface area contributed by atoms with Crippen LogP contribution in [0, 0.1) is 0 Å². The molecule has 21 heavy (non-hydrogen) atoms. The molecule has 0 bridgehead atoms. The molecule has 0 amide bonds. The summed E-state index contributed by atoms with van der Waals surface area (Å²) in [5.74, 6) is 0. The molecule has 1 heterocycles. The van der Waals surface area contributed by atoms with E-state index in [1.54, 1.807) is 5.56 Å². The minimum atomic E-state index is -1.34. The number of nitrogens with zero attached hydrogens (tertiary/aromatic N) is 1. The second kappa shape index (κ2) is 4.11. The van der Waals surface area contributed by atoms with E-state index in [0.717, 1.165) is 0 Å². The third kappa shape index (κ3) is 1.63. The van der Waals surface area contributed by atoms with Crippen molar-refractivity contribution >= 4 is 19.0 Å². The first-order chi connectivity index (χ1) is 10.00. The fourth-order valence-electron chi connectivity index (χ4n) is 4.03. The number of para-hydroxylation sites is 1. The van der Waals surface area contributed by atoms with Crippen LogP contribution in [0.15, 0.2) is 48.5 Å². The second-order valence-electron chi connectivity index (χ2n) is 7.22. The molecule has 4 rings (SSSR count). The largest absolute Gasteiger partial charge is 0.347 e. The Labute approximate surface area is 127 Å². The highest BCUT2D eigenvalue weighted by molar-refractivity contribution is 6.78. The highest BCUT2D eigenvalue weighted by Crippen LogP contribution is 2.52. The summed E-state index contributed by atoms with van der Waals surface area (Å²) in [5.41, 5.74) is 7.98. The van der Waals surface area contributed by atoms with Gasteiger partial charge in [-0.15, -0.1) is 0 Å². The standard InChI is InChI=1S/C19H21NSi/c1-20-16-12-8-7-11-15(16)17-13-9-5-6-10-14(13)19(18(17)20)21(2,3)4/h5-12,19H,1-4H3. The van der Waals surface area contributed by atoms with Crippen molar-refractivity contribution in [1.29, 1.82) is 0 Å². The molecule has 2 aromatic carbocycles. The third-order valence-electron chi connectivity index (χ3n) is 4.83. The fraction of sp³-hybridized carbons (Fsp3) is 0.263. The zero-order valence-corrected chi connectivity index (χ0v) is 14.1. The van der Waals surface area contributed by atoms with Crippen LogP contribution < -0.4 is 0 Å². The smallest absolute Gasteiger partial charge is 0.0593 e. The molecule has 1 aliphatic rings.